The van der Waals surface area contributed by atoms with Crippen molar-refractivity contribution in [2.45, 2.75) is 44.1 Å². The molecule has 2 heterocycles. The zero-order chi connectivity index (χ0) is 17.9. The van der Waals surface area contributed by atoms with Crippen molar-refractivity contribution in [1.29, 1.82) is 0 Å². The molecule has 8 aliphatic rings. The number of halogens is 2. The van der Waals surface area contributed by atoms with E-state index in [-0.39, 0.29) is 44.1 Å². The van der Waals surface area contributed by atoms with Crippen molar-refractivity contribution in [3.63, 3.8) is 0 Å². The summed E-state index contributed by atoms with van der Waals surface area (Å²) in [7, 11) is 8.16. The molecule has 144 valence electrons. The minimum Gasteiger partial charge on any atom is -0.333 e. The van der Waals surface area contributed by atoms with Gasteiger partial charge in [-0.05, 0) is 40.0 Å². The molecule has 6 unspecified atom stereocenters. The predicted octanol–water partition coefficient (Wildman–Crippen LogP) is 1.36. The van der Waals surface area contributed by atoms with Crippen LogP contribution in [0.5, 0.6) is 0 Å². The van der Waals surface area contributed by atoms with E-state index in [0.29, 0.717) is 23.7 Å². The largest absolute Gasteiger partial charge is 0.333 e. The molecule has 8 fully saturated rings. The van der Waals surface area contributed by atoms with Crippen LogP contribution in [0.25, 0.3) is 0 Å². The van der Waals surface area contributed by atoms with Gasteiger partial charge in [-0.15, -0.1) is 0 Å². The summed E-state index contributed by atoms with van der Waals surface area (Å²) in [4.78, 5) is 4.11. The van der Waals surface area contributed by atoms with Crippen LogP contribution in [-0.2, 0) is 18.9 Å². The van der Waals surface area contributed by atoms with Gasteiger partial charge in [0.15, 0.2) is 0 Å². The van der Waals surface area contributed by atoms with Crippen molar-refractivity contribution in [2.24, 2.45) is 35.5 Å². The van der Waals surface area contributed by atoms with Gasteiger partial charge in [-0.2, -0.15) is 0 Å². The van der Waals surface area contributed by atoms with E-state index in [2.05, 4.69) is 55.0 Å². The van der Waals surface area contributed by atoms with Crippen molar-refractivity contribution in [1.82, 2.24) is 9.80 Å². The first kappa shape index (κ1) is 17.0. The Morgan fingerprint density at radius 1 is 0.577 bits per heavy atom. The Balaban J connectivity index is 1.31. The average Bonchev–Trinajstić information content (AvgIpc) is 3.30. The van der Waals surface area contributed by atoms with Crippen LogP contribution in [-0.4, -0.2) is 82.1 Å². The Bertz CT molecular complexity index is 609. The van der Waals surface area contributed by atoms with Crippen molar-refractivity contribution in [2.75, 3.05) is 28.2 Å². The maximum atomic E-state index is 6.43. The van der Waals surface area contributed by atoms with Gasteiger partial charge >= 0.3 is 0 Å². The molecule has 8 bridgehead atoms. The highest BCUT2D eigenvalue weighted by atomic mass is 127. The van der Waals surface area contributed by atoms with E-state index in [1.165, 1.54) is 0 Å². The van der Waals surface area contributed by atoms with Gasteiger partial charge in [-0.3, -0.25) is 9.80 Å². The number of ether oxygens (including phenoxy) is 4. The number of fused-ring (bicyclic) bond motifs is 2. The number of hydrogen-bond donors (Lipinski definition) is 0. The Morgan fingerprint density at radius 2 is 0.846 bits per heavy atom. The summed E-state index contributed by atoms with van der Waals surface area (Å²) in [6.07, 6.45) is 0.659. The van der Waals surface area contributed by atoms with E-state index in [1.807, 2.05) is 28.2 Å². The summed E-state index contributed by atoms with van der Waals surface area (Å²) in [5, 5.41) is 0. The van der Waals surface area contributed by atoms with Gasteiger partial charge < -0.3 is 18.9 Å². The summed E-state index contributed by atoms with van der Waals surface area (Å²) in [6.45, 7) is 0. The Labute approximate surface area is 180 Å². The second-order valence-electron chi connectivity index (χ2n) is 9.74. The third-order valence-corrected chi connectivity index (χ3v) is 14.3. The number of rotatable bonds is 2. The summed E-state index contributed by atoms with van der Waals surface area (Å²) in [5.74, 6) is 3.88. The lowest BCUT2D eigenvalue weighted by Gasteiger charge is -2.54. The fourth-order valence-corrected chi connectivity index (χ4v) is 12.9. The molecule has 0 aromatic carbocycles. The summed E-state index contributed by atoms with van der Waals surface area (Å²) in [6, 6.07) is 0. The highest BCUT2D eigenvalue weighted by Gasteiger charge is 2.97. The smallest absolute Gasteiger partial charge is 0.218 e. The van der Waals surface area contributed by atoms with E-state index in [1.54, 1.807) is 0 Å². The van der Waals surface area contributed by atoms with Gasteiger partial charge in [-0.1, -0.05) is 45.2 Å². The second kappa shape index (κ2) is 4.76. The molecule has 8 heteroatoms. The lowest BCUT2D eigenvalue weighted by Crippen LogP contribution is -2.65. The lowest BCUT2D eigenvalue weighted by molar-refractivity contribution is -0.165. The Morgan fingerprint density at radius 3 is 1.08 bits per heavy atom. The molecule has 0 aromatic heterocycles. The van der Waals surface area contributed by atoms with Gasteiger partial charge in [0.1, 0.15) is 0 Å². The maximum absolute atomic E-state index is 6.43. The van der Waals surface area contributed by atoms with Gasteiger partial charge in [0.05, 0.1) is 24.4 Å². The molecule has 6 nitrogen and oxygen atoms in total. The fourth-order valence-electron chi connectivity index (χ4n) is 8.38. The third-order valence-electron chi connectivity index (χ3n) is 8.63. The Hall–Kier alpha value is 1.22. The summed E-state index contributed by atoms with van der Waals surface area (Å²) >= 11 is 5.67. The average molecular weight is 586 g/mol. The molecule has 6 saturated carbocycles. The van der Waals surface area contributed by atoms with Crippen LogP contribution in [0.4, 0.5) is 0 Å². The molecule has 14 atom stereocenters. The van der Waals surface area contributed by atoms with Crippen molar-refractivity contribution in [3.05, 3.63) is 0 Å². The molecule has 0 aromatic rings. The molecule has 2 aliphatic heterocycles. The van der Waals surface area contributed by atoms with Crippen LogP contribution >= 0.6 is 45.2 Å². The van der Waals surface area contributed by atoms with Crippen molar-refractivity contribution < 1.29 is 18.9 Å². The van der Waals surface area contributed by atoms with Gasteiger partial charge in [0.2, 0.25) is 12.8 Å². The molecule has 0 radical (unpaired) electrons. The zero-order valence-electron chi connectivity index (χ0n) is 15.2. The first-order valence-corrected chi connectivity index (χ1v) is 11.8. The second-order valence-corrected chi connectivity index (χ2v) is 13.3. The predicted molar refractivity (Wildman–Crippen MR) is 109 cm³/mol. The first-order valence-electron chi connectivity index (χ1n) is 9.64. The van der Waals surface area contributed by atoms with Crippen LogP contribution in [0.15, 0.2) is 0 Å². The third kappa shape index (κ3) is 1.42. The van der Waals surface area contributed by atoms with Crippen LogP contribution in [0, 0.1) is 35.5 Å². The molecule has 6 aliphatic carbocycles. The topological polar surface area (TPSA) is 43.4 Å². The maximum Gasteiger partial charge on any atom is 0.218 e. The van der Waals surface area contributed by atoms with Crippen LogP contribution in [0.3, 0.4) is 0 Å². The monoisotopic (exact) mass is 586 g/mol. The van der Waals surface area contributed by atoms with Crippen LogP contribution < -0.4 is 0 Å². The lowest BCUT2D eigenvalue weighted by atomic mass is 9.67. The minimum absolute atomic E-state index is 0.187. The van der Waals surface area contributed by atoms with E-state index in [9.17, 15) is 0 Å². The zero-order valence-corrected chi connectivity index (χ0v) is 19.5. The van der Waals surface area contributed by atoms with Gasteiger partial charge in [0.25, 0.3) is 0 Å². The normalized spacial score (nSPS) is 71.1. The summed E-state index contributed by atoms with van der Waals surface area (Å²) < 4.78 is 26.3. The standard InChI is InChI=1S/C18H24I2N2O4/c1-21(2)15-23-11-7-5-6-9-13-14(26-16(25-13)22(3)4)10(6)18(20,17(7,9)19)8(5)12(11)24-15/h5-16H,1-4H3/t5?,6?,7-,8+,9+,10-,11+,12-,13-,14+,15?,16?,17?,18?. The molecule has 0 N–H and O–H groups in total. The molecule has 26 heavy (non-hydrogen) atoms. The summed E-state index contributed by atoms with van der Waals surface area (Å²) in [5.41, 5.74) is 0. The highest BCUT2D eigenvalue weighted by molar-refractivity contribution is 14.1. The number of alkyl halides is 2. The molecular weight excluding hydrogens is 562 g/mol. The molecule has 8 rings (SSSR count). The Kier molecular flexibility index (Phi) is 3.10. The van der Waals surface area contributed by atoms with Crippen LogP contribution in [0.2, 0.25) is 0 Å². The van der Waals surface area contributed by atoms with Crippen molar-refractivity contribution in [3.8, 4) is 0 Å². The quantitative estimate of drug-likeness (QED) is 0.360. The van der Waals surface area contributed by atoms with Crippen LogP contribution in [0.1, 0.15) is 0 Å². The number of hydrogen-bond acceptors (Lipinski definition) is 6. The van der Waals surface area contributed by atoms with E-state index >= 15 is 0 Å². The minimum atomic E-state index is -0.187. The molecule has 0 spiro atoms. The molecular formula is C18H24I2N2O4. The van der Waals surface area contributed by atoms with Gasteiger partial charge in [-0.25, -0.2) is 0 Å². The van der Waals surface area contributed by atoms with E-state index in [4.69, 9.17) is 18.9 Å². The fraction of sp³-hybridized carbons (Fsp3) is 1.00. The first-order chi connectivity index (χ1) is 12.3. The van der Waals surface area contributed by atoms with E-state index in [0.717, 1.165) is 11.8 Å². The molecule has 0 amide bonds. The highest BCUT2D eigenvalue weighted by Crippen LogP contribution is 2.91. The number of nitrogens with zero attached hydrogens (tertiary/aromatic N) is 2. The molecule has 2 saturated heterocycles. The SMILES string of the molecule is CN(C)C1O[C@@H]2[C@H](O1)[C@@H]1C3C4[C@@H]5[C@@H]6OC(N(C)C)O[C@@H]6[C@H]4C(I)([C@H]32)C51I. The van der Waals surface area contributed by atoms with Gasteiger partial charge in [0, 0.05) is 30.5 Å². The van der Waals surface area contributed by atoms with E-state index < -0.39 is 0 Å². The van der Waals surface area contributed by atoms with Crippen molar-refractivity contribution >= 4 is 45.2 Å².